The Morgan fingerprint density at radius 1 is 1.04 bits per heavy atom. The van der Waals surface area contributed by atoms with Crippen molar-refractivity contribution < 1.29 is 14.3 Å². The van der Waals surface area contributed by atoms with E-state index < -0.39 is 0 Å². The van der Waals surface area contributed by atoms with E-state index in [0.717, 1.165) is 43.9 Å². The Labute approximate surface area is 159 Å². The van der Waals surface area contributed by atoms with Crippen LogP contribution in [0.2, 0.25) is 0 Å². The fourth-order valence-corrected chi connectivity index (χ4v) is 3.98. The number of ether oxygens (including phenoxy) is 2. The molecule has 1 amide bonds. The first-order chi connectivity index (χ1) is 13.2. The van der Waals surface area contributed by atoms with Crippen molar-refractivity contribution in [2.45, 2.75) is 32.2 Å². The van der Waals surface area contributed by atoms with Crippen LogP contribution >= 0.6 is 0 Å². The number of amides is 1. The summed E-state index contributed by atoms with van der Waals surface area (Å²) in [6.45, 7) is 1.92. The molecule has 0 spiro atoms. The van der Waals surface area contributed by atoms with Gasteiger partial charge in [0, 0.05) is 19.3 Å². The van der Waals surface area contributed by atoms with Gasteiger partial charge in [0.15, 0.2) is 11.5 Å². The second kappa shape index (κ2) is 7.56. The Bertz CT molecular complexity index is 866. The summed E-state index contributed by atoms with van der Waals surface area (Å²) < 4.78 is 10.8. The summed E-state index contributed by atoms with van der Waals surface area (Å²) in [6, 6.07) is 6.07. The third-order valence-corrected chi connectivity index (χ3v) is 5.41. The van der Waals surface area contributed by atoms with Crippen LogP contribution in [0.4, 0.5) is 5.82 Å². The average Bonchev–Trinajstić information content (AvgIpc) is 3.14. The number of aromatic nitrogens is 1. The van der Waals surface area contributed by atoms with Crippen molar-refractivity contribution in [3.8, 4) is 11.5 Å². The lowest BCUT2D eigenvalue weighted by Crippen LogP contribution is -2.37. The van der Waals surface area contributed by atoms with Crippen LogP contribution in [0, 0.1) is 0 Å². The van der Waals surface area contributed by atoms with Crippen LogP contribution in [-0.2, 0) is 30.6 Å². The van der Waals surface area contributed by atoms with Crippen molar-refractivity contribution in [3.05, 3.63) is 46.6 Å². The van der Waals surface area contributed by atoms with Crippen LogP contribution in [0.25, 0.3) is 0 Å². The molecule has 2 aliphatic rings. The van der Waals surface area contributed by atoms with Crippen molar-refractivity contribution in [3.63, 3.8) is 0 Å². The van der Waals surface area contributed by atoms with E-state index in [1.807, 2.05) is 24.4 Å². The molecule has 0 bridgehead atoms. The standard InChI is InChI=1S/C21H25N3O3/c1-26-18-8-15-6-7-24(12-17(15)9-19(18)27-2)13-21(25)23-20-10-14-4-3-5-16(14)11-22-20/h8-11H,3-7,12-13H2,1-2H3,(H,22,23,25). The number of fused-ring (bicyclic) bond motifs is 2. The third kappa shape index (κ3) is 3.76. The van der Waals surface area contributed by atoms with Gasteiger partial charge in [-0.15, -0.1) is 0 Å². The molecular weight excluding hydrogens is 342 g/mol. The van der Waals surface area contributed by atoms with Gasteiger partial charge in [0.05, 0.1) is 20.8 Å². The molecule has 142 valence electrons. The first kappa shape index (κ1) is 17.8. The van der Waals surface area contributed by atoms with Crippen LogP contribution in [0.5, 0.6) is 11.5 Å². The van der Waals surface area contributed by atoms with E-state index in [0.29, 0.717) is 12.4 Å². The fraction of sp³-hybridized carbons (Fsp3) is 0.429. The second-order valence-corrected chi connectivity index (χ2v) is 7.18. The molecule has 1 aromatic heterocycles. The molecule has 2 aromatic rings. The first-order valence-electron chi connectivity index (χ1n) is 9.40. The number of nitrogens with one attached hydrogen (secondary N) is 1. The zero-order valence-corrected chi connectivity index (χ0v) is 15.9. The predicted octanol–water partition coefficient (Wildman–Crippen LogP) is 2.58. The predicted molar refractivity (Wildman–Crippen MR) is 103 cm³/mol. The summed E-state index contributed by atoms with van der Waals surface area (Å²) in [5.41, 5.74) is 5.06. The minimum atomic E-state index is -0.0237. The zero-order valence-electron chi connectivity index (χ0n) is 15.9. The Morgan fingerprint density at radius 3 is 2.52 bits per heavy atom. The van der Waals surface area contributed by atoms with Gasteiger partial charge in [0.1, 0.15) is 5.82 Å². The number of rotatable bonds is 5. The number of hydrogen-bond donors (Lipinski definition) is 1. The van der Waals surface area contributed by atoms with Gasteiger partial charge in [0.2, 0.25) is 5.91 Å². The first-order valence-corrected chi connectivity index (χ1v) is 9.40. The molecule has 1 aliphatic carbocycles. The Balaban J connectivity index is 1.40. The molecule has 6 nitrogen and oxygen atoms in total. The van der Waals surface area contributed by atoms with Crippen molar-refractivity contribution in [2.75, 3.05) is 32.6 Å². The quantitative estimate of drug-likeness (QED) is 0.880. The van der Waals surface area contributed by atoms with E-state index in [1.165, 1.54) is 28.7 Å². The van der Waals surface area contributed by atoms with Crippen molar-refractivity contribution in [1.82, 2.24) is 9.88 Å². The monoisotopic (exact) mass is 367 g/mol. The molecule has 1 aromatic carbocycles. The van der Waals surface area contributed by atoms with Crippen LogP contribution in [0.15, 0.2) is 24.4 Å². The third-order valence-electron chi connectivity index (χ3n) is 5.41. The molecule has 27 heavy (non-hydrogen) atoms. The van der Waals surface area contributed by atoms with Crippen LogP contribution in [0.1, 0.15) is 28.7 Å². The summed E-state index contributed by atoms with van der Waals surface area (Å²) in [7, 11) is 3.29. The van der Waals surface area contributed by atoms with E-state index >= 15 is 0 Å². The molecule has 0 radical (unpaired) electrons. The highest BCUT2D eigenvalue weighted by Gasteiger charge is 2.21. The Kier molecular flexibility index (Phi) is 4.99. The minimum absolute atomic E-state index is 0.0237. The van der Waals surface area contributed by atoms with E-state index in [1.54, 1.807) is 14.2 Å². The number of aryl methyl sites for hydroxylation is 2. The molecule has 0 saturated heterocycles. The molecule has 6 heteroatoms. The molecule has 4 rings (SSSR count). The van der Waals surface area contributed by atoms with Gasteiger partial charge in [-0.1, -0.05) is 0 Å². The van der Waals surface area contributed by atoms with Gasteiger partial charge in [0.25, 0.3) is 0 Å². The van der Waals surface area contributed by atoms with Crippen LogP contribution in [0.3, 0.4) is 0 Å². The molecule has 0 atom stereocenters. The number of anilines is 1. The number of methoxy groups -OCH3 is 2. The van der Waals surface area contributed by atoms with Gasteiger partial charge in [-0.05, 0) is 66.1 Å². The highest BCUT2D eigenvalue weighted by molar-refractivity contribution is 5.91. The summed E-state index contributed by atoms with van der Waals surface area (Å²) in [5, 5.41) is 2.95. The Hall–Kier alpha value is -2.60. The lowest BCUT2D eigenvalue weighted by atomic mass is 9.99. The Morgan fingerprint density at radius 2 is 1.74 bits per heavy atom. The lowest BCUT2D eigenvalue weighted by molar-refractivity contribution is -0.117. The van der Waals surface area contributed by atoms with Gasteiger partial charge >= 0.3 is 0 Å². The lowest BCUT2D eigenvalue weighted by Gasteiger charge is -2.29. The van der Waals surface area contributed by atoms with Crippen molar-refractivity contribution >= 4 is 11.7 Å². The maximum Gasteiger partial charge on any atom is 0.239 e. The van der Waals surface area contributed by atoms with E-state index in [2.05, 4.69) is 15.2 Å². The SMILES string of the molecule is COc1cc2c(cc1OC)CN(CC(=O)Nc1cc3c(cn1)CCC3)CC2. The van der Waals surface area contributed by atoms with Gasteiger partial charge in [-0.25, -0.2) is 4.98 Å². The number of carbonyl (C=O) groups excluding carboxylic acids is 1. The summed E-state index contributed by atoms with van der Waals surface area (Å²) in [4.78, 5) is 19.0. The number of pyridine rings is 1. The highest BCUT2D eigenvalue weighted by atomic mass is 16.5. The zero-order chi connectivity index (χ0) is 18.8. The van der Waals surface area contributed by atoms with Crippen molar-refractivity contribution in [1.29, 1.82) is 0 Å². The molecular formula is C21H25N3O3. The number of hydrogen-bond acceptors (Lipinski definition) is 5. The fourth-order valence-electron chi connectivity index (χ4n) is 3.98. The van der Waals surface area contributed by atoms with Crippen LogP contribution < -0.4 is 14.8 Å². The van der Waals surface area contributed by atoms with E-state index in [9.17, 15) is 4.79 Å². The summed E-state index contributed by atoms with van der Waals surface area (Å²) >= 11 is 0. The van der Waals surface area contributed by atoms with Crippen molar-refractivity contribution in [2.24, 2.45) is 0 Å². The normalized spacial score (nSPS) is 15.8. The summed E-state index contributed by atoms with van der Waals surface area (Å²) in [6.07, 6.45) is 6.14. The topological polar surface area (TPSA) is 63.7 Å². The van der Waals surface area contributed by atoms with Crippen LogP contribution in [-0.4, -0.2) is 43.1 Å². The maximum absolute atomic E-state index is 12.5. The van der Waals surface area contributed by atoms with Gasteiger partial charge < -0.3 is 14.8 Å². The molecule has 0 saturated carbocycles. The molecule has 2 heterocycles. The number of nitrogens with zero attached hydrogens (tertiary/aromatic N) is 2. The maximum atomic E-state index is 12.5. The average molecular weight is 367 g/mol. The largest absolute Gasteiger partial charge is 0.493 e. The number of benzene rings is 1. The molecule has 1 N–H and O–H groups in total. The smallest absolute Gasteiger partial charge is 0.239 e. The molecule has 0 fully saturated rings. The van der Waals surface area contributed by atoms with Gasteiger partial charge in [-0.2, -0.15) is 0 Å². The second-order valence-electron chi connectivity index (χ2n) is 7.18. The number of carbonyl (C=O) groups is 1. The van der Waals surface area contributed by atoms with E-state index in [-0.39, 0.29) is 5.91 Å². The van der Waals surface area contributed by atoms with E-state index in [4.69, 9.17) is 9.47 Å². The minimum Gasteiger partial charge on any atom is -0.493 e. The molecule has 1 aliphatic heterocycles. The summed E-state index contributed by atoms with van der Waals surface area (Å²) in [5.74, 6) is 2.11. The molecule has 0 unspecified atom stereocenters. The van der Waals surface area contributed by atoms with Gasteiger partial charge in [-0.3, -0.25) is 9.69 Å². The highest BCUT2D eigenvalue weighted by Crippen LogP contribution is 2.33.